The van der Waals surface area contributed by atoms with Crippen LogP contribution in [0.1, 0.15) is 34.9 Å². The van der Waals surface area contributed by atoms with Crippen LogP contribution < -0.4 is 4.73 Å². The highest BCUT2D eigenvalue weighted by atomic mass is 16.5. The van der Waals surface area contributed by atoms with Crippen molar-refractivity contribution in [3.63, 3.8) is 0 Å². The number of nitrogens with zero attached hydrogens (tertiary/aromatic N) is 1. The molecule has 0 spiro atoms. The second kappa shape index (κ2) is 2.73. The molecule has 1 aromatic heterocycles. The van der Waals surface area contributed by atoms with E-state index in [1.807, 2.05) is 0 Å². The zero-order valence-electron chi connectivity index (χ0n) is 6.93. The smallest absolute Gasteiger partial charge is 0.402 e. The summed E-state index contributed by atoms with van der Waals surface area (Å²) in [5.41, 5.74) is 0.393. The molecule has 1 heterocycles. The molecule has 4 nitrogen and oxygen atoms in total. The maximum absolute atomic E-state index is 11.4. The van der Waals surface area contributed by atoms with Gasteiger partial charge in [-0.3, -0.25) is 0 Å². The van der Waals surface area contributed by atoms with Gasteiger partial charge in [-0.2, -0.15) is 4.73 Å². The number of carboxylic acid groups (broad SMARTS) is 1. The molecule has 0 unspecified atom stereocenters. The fraction of sp³-hybridized carbons (Fsp3) is 0.333. The molecule has 1 aromatic rings. The quantitative estimate of drug-likeness (QED) is 0.541. The summed E-state index contributed by atoms with van der Waals surface area (Å²) in [6, 6.07) is 4.63. The topological polar surface area (TPSA) is 64.2 Å². The van der Waals surface area contributed by atoms with Crippen LogP contribution in [0.4, 0.5) is 0 Å². The van der Waals surface area contributed by atoms with Crippen molar-refractivity contribution in [2.75, 3.05) is 0 Å². The average Bonchev–Trinajstić information content (AvgIpc) is 2.87. The first-order chi connectivity index (χ1) is 6.20. The van der Waals surface area contributed by atoms with Crippen molar-refractivity contribution in [2.45, 2.75) is 18.8 Å². The lowest BCUT2D eigenvalue weighted by Gasteiger charge is -2.04. The van der Waals surface area contributed by atoms with Gasteiger partial charge < -0.3 is 10.3 Å². The van der Waals surface area contributed by atoms with Gasteiger partial charge in [0.2, 0.25) is 0 Å². The van der Waals surface area contributed by atoms with Crippen LogP contribution in [-0.2, 0) is 0 Å². The van der Waals surface area contributed by atoms with E-state index in [0.29, 0.717) is 10.4 Å². The Morgan fingerprint density at radius 3 is 2.77 bits per heavy atom. The summed E-state index contributed by atoms with van der Waals surface area (Å²) < 4.78 is 0.528. The number of rotatable bonds is 2. The first-order valence-corrected chi connectivity index (χ1v) is 4.16. The zero-order chi connectivity index (χ0) is 9.42. The Kier molecular flexibility index (Phi) is 1.69. The normalized spacial score (nSPS) is 15.7. The van der Waals surface area contributed by atoms with Crippen LogP contribution in [0.3, 0.4) is 0 Å². The molecular weight excluding hydrogens is 170 g/mol. The number of pyridine rings is 1. The Morgan fingerprint density at radius 2 is 2.23 bits per heavy atom. The number of hydrogen-bond acceptors (Lipinski definition) is 2. The highest BCUT2D eigenvalue weighted by molar-refractivity contribution is 5.83. The van der Waals surface area contributed by atoms with Crippen molar-refractivity contribution >= 4 is 5.97 Å². The van der Waals surface area contributed by atoms with Crippen LogP contribution in [0.5, 0.6) is 0 Å². The van der Waals surface area contributed by atoms with E-state index in [4.69, 9.17) is 5.11 Å². The largest absolute Gasteiger partial charge is 0.618 e. The van der Waals surface area contributed by atoms with Crippen LogP contribution in [-0.4, -0.2) is 11.1 Å². The lowest BCUT2D eigenvalue weighted by molar-refractivity contribution is -0.617. The van der Waals surface area contributed by atoms with Crippen LogP contribution in [0.2, 0.25) is 0 Å². The van der Waals surface area contributed by atoms with E-state index in [-0.39, 0.29) is 11.6 Å². The Bertz CT molecular complexity index is 358. The van der Waals surface area contributed by atoms with E-state index in [1.54, 1.807) is 12.1 Å². The molecule has 13 heavy (non-hydrogen) atoms. The first-order valence-electron chi connectivity index (χ1n) is 4.16. The van der Waals surface area contributed by atoms with Gasteiger partial charge in [0.1, 0.15) is 0 Å². The van der Waals surface area contributed by atoms with E-state index in [9.17, 15) is 10.0 Å². The van der Waals surface area contributed by atoms with Gasteiger partial charge in [0.25, 0.3) is 0 Å². The fourth-order valence-electron chi connectivity index (χ4n) is 1.35. The Labute approximate surface area is 75.0 Å². The molecule has 0 amide bonds. The third-order valence-electron chi connectivity index (χ3n) is 2.19. The molecule has 2 rings (SSSR count). The predicted octanol–water partition coefficient (Wildman–Crippen LogP) is 0.896. The van der Waals surface area contributed by atoms with E-state index >= 15 is 0 Å². The molecule has 1 N–H and O–H groups in total. The van der Waals surface area contributed by atoms with Gasteiger partial charge in [0.05, 0.1) is 0 Å². The van der Waals surface area contributed by atoms with E-state index in [0.717, 1.165) is 12.8 Å². The van der Waals surface area contributed by atoms with E-state index in [1.165, 1.54) is 6.07 Å². The molecule has 4 heteroatoms. The summed E-state index contributed by atoms with van der Waals surface area (Å²) in [6.45, 7) is 0. The maximum atomic E-state index is 11.4. The van der Waals surface area contributed by atoms with Crippen LogP contribution in [0.15, 0.2) is 18.2 Å². The van der Waals surface area contributed by atoms with Crippen molar-refractivity contribution in [1.82, 2.24) is 0 Å². The highest BCUT2D eigenvalue weighted by Crippen LogP contribution is 2.38. The molecule has 0 bridgehead atoms. The first kappa shape index (κ1) is 8.04. The van der Waals surface area contributed by atoms with Crippen LogP contribution >= 0.6 is 0 Å². The Balaban J connectivity index is 2.47. The molecule has 68 valence electrons. The minimum absolute atomic E-state index is 0.190. The zero-order valence-corrected chi connectivity index (χ0v) is 6.93. The molecular formula is C9H9NO3. The summed E-state index contributed by atoms with van der Waals surface area (Å²) in [7, 11) is 0. The van der Waals surface area contributed by atoms with Crippen molar-refractivity contribution in [3.05, 3.63) is 34.8 Å². The standard InChI is InChI=1S/C9H9NO3/c11-9(12)8-3-1-2-7(10(8)13)6-4-5-6/h1-3,6H,4-5H2,(H,11,12). The molecule has 1 fully saturated rings. The third-order valence-corrected chi connectivity index (χ3v) is 2.19. The van der Waals surface area contributed by atoms with Crippen LogP contribution in [0.25, 0.3) is 0 Å². The van der Waals surface area contributed by atoms with Gasteiger partial charge in [0, 0.05) is 18.1 Å². The van der Waals surface area contributed by atoms with Crippen molar-refractivity contribution in [2.24, 2.45) is 0 Å². The summed E-state index contributed by atoms with van der Waals surface area (Å²) in [5.74, 6) is -0.894. The van der Waals surface area contributed by atoms with Crippen molar-refractivity contribution < 1.29 is 14.6 Å². The second-order valence-corrected chi connectivity index (χ2v) is 3.21. The van der Waals surface area contributed by atoms with Gasteiger partial charge in [-0.25, -0.2) is 4.79 Å². The maximum Gasteiger partial charge on any atom is 0.402 e. The number of aromatic carboxylic acids is 1. The molecule has 0 aliphatic heterocycles. The van der Waals surface area contributed by atoms with Gasteiger partial charge in [0.15, 0.2) is 5.69 Å². The highest BCUT2D eigenvalue weighted by Gasteiger charge is 2.32. The summed E-state index contributed by atoms with van der Waals surface area (Å²) in [5, 5.41) is 20.1. The molecule has 0 aromatic carbocycles. The second-order valence-electron chi connectivity index (χ2n) is 3.21. The van der Waals surface area contributed by atoms with Gasteiger partial charge in [-0.1, -0.05) is 0 Å². The minimum atomic E-state index is -1.17. The van der Waals surface area contributed by atoms with Crippen molar-refractivity contribution in [3.8, 4) is 0 Å². The lowest BCUT2D eigenvalue weighted by atomic mass is 10.2. The Morgan fingerprint density at radius 1 is 1.54 bits per heavy atom. The van der Waals surface area contributed by atoms with E-state index < -0.39 is 5.97 Å². The molecule has 0 saturated heterocycles. The molecule has 1 aliphatic rings. The summed E-state index contributed by atoms with van der Waals surface area (Å²) in [6.07, 6.45) is 1.98. The molecule has 0 atom stereocenters. The van der Waals surface area contributed by atoms with Crippen molar-refractivity contribution in [1.29, 1.82) is 0 Å². The van der Waals surface area contributed by atoms with Crippen LogP contribution in [0, 0.1) is 5.21 Å². The number of aromatic nitrogens is 1. The molecule has 1 aliphatic carbocycles. The molecule has 1 saturated carbocycles. The minimum Gasteiger partial charge on any atom is -0.618 e. The fourth-order valence-corrected chi connectivity index (χ4v) is 1.35. The number of hydrogen-bond donors (Lipinski definition) is 1. The lowest BCUT2D eigenvalue weighted by Crippen LogP contribution is -2.38. The van der Waals surface area contributed by atoms with E-state index in [2.05, 4.69) is 0 Å². The SMILES string of the molecule is O=C(O)c1cccc(C2CC2)[n+]1[O-]. The van der Waals surface area contributed by atoms with Gasteiger partial charge in [-0.15, -0.1) is 0 Å². The summed E-state index contributed by atoms with van der Waals surface area (Å²) in [4.78, 5) is 10.6. The predicted molar refractivity (Wildman–Crippen MR) is 44.3 cm³/mol. The average molecular weight is 179 g/mol. The summed E-state index contributed by atoms with van der Waals surface area (Å²) >= 11 is 0. The number of carboxylic acids is 1. The van der Waals surface area contributed by atoms with Gasteiger partial charge in [-0.05, 0) is 18.9 Å². The number of carbonyl (C=O) groups is 1. The monoisotopic (exact) mass is 179 g/mol. The van der Waals surface area contributed by atoms with Gasteiger partial charge >= 0.3 is 11.7 Å². The molecule has 0 radical (unpaired) electrons. The third kappa shape index (κ3) is 1.35. The Hall–Kier alpha value is -1.58.